The first kappa shape index (κ1) is 13.5. The van der Waals surface area contributed by atoms with Gasteiger partial charge in [0.2, 0.25) is 12.6 Å². The lowest BCUT2D eigenvalue weighted by Gasteiger charge is -2.07. The van der Waals surface area contributed by atoms with Crippen molar-refractivity contribution in [1.29, 1.82) is 0 Å². The van der Waals surface area contributed by atoms with Crippen molar-refractivity contribution in [2.75, 3.05) is 12.1 Å². The van der Waals surface area contributed by atoms with Crippen LogP contribution in [0.4, 0.5) is 10.5 Å². The van der Waals surface area contributed by atoms with Gasteiger partial charge in [0.1, 0.15) is 6.26 Å². The lowest BCUT2D eigenvalue weighted by Crippen LogP contribution is -2.35. The van der Waals surface area contributed by atoms with Crippen LogP contribution in [0, 0.1) is 0 Å². The van der Waals surface area contributed by atoms with Gasteiger partial charge < -0.3 is 14.8 Å². The number of carbonyl (C=O) groups is 2. The molecule has 19 heavy (non-hydrogen) atoms. The fraction of sp³-hybridized carbons (Fsp3) is 0.0909. The van der Waals surface area contributed by atoms with Crippen molar-refractivity contribution in [3.8, 4) is 0 Å². The Morgan fingerprint density at radius 2 is 1.84 bits per heavy atom. The maximum Gasteiger partial charge on any atom is 0.326 e. The Kier molecular flexibility index (Phi) is 4.13. The molecule has 1 aliphatic rings. The van der Waals surface area contributed by atoms with Gasteiger partial charge in [-0.2, -0.15) is 0 Å². The van der Waals surface area contributed by atoms with E-state index in [1.807, 2.05) is 0 Å². The molecule has 0 bridgehead atoms. The fourth-order valence-electron chi connectivity index (χ4n) is 1.31. The molecule has 2 N–H and O–H groups in total. The van der Waals surface area contributed by atoms with Crippen LogP contribution in [0.25, 0.3) is 0 Å². The summed E-state index contributed by atoms with van der Waals surface area (Å²) in [6.07, 6.45) is 1.12. The monoisotopic (exact) mass is 302 g/mol. The molecule has 0 radical (unpaired) electrons. The van der Waals surface area contributed by atoms with Gasteiger partial charge in [0, 0.05) is 15.7 Å². The summed E-state index contributed by atoms with van der Waals surface area (Å²) in [6, 6.07) is 3.77. The Labute approximate surface area is 118 Å². The molecule has 0 saturated heterocycles. The third-order valence-electron chi connectivity index (χ3n) is 2.04. The van der Waals surface area contributed by atoms with Crippen molar-refractivity contribution in [2.45, 2.75) is 0 Å². The van der Waals surface area contributed by atoms with Gasteiger partial charge in [0.15, 0.2) is 0 Å². The number of amides is 3. The van der Waals surface area contributed by atoms with Crippen LogP contribution in [0.3, 0.4) is 0 Å². The number of hydrogen-bond donors (Lipinski definition) is 2. The van der Waals surface area contributed by atoms with E-state index in [4.69, 9.17) is 32.7 Å². The molecule has 1 aliphatic heterocycles. The van der Waals surface area contributed by atoms with Crippen molar-refractivity contribution in [3.05, 3.63) is 40.3 Å². The first-order valence-corrected chi connectivity index (χ1v) is 5.83. The molecule has 0 unspecified atom stereocenters. The zero-order valence-corrected chi connectivity index (χ0v) is 10.9. The van der Waals surface area contributed by atoms with Gasteiger partial charge in [-0.15, -0.1) is 0 Å². The molecule has 3 amide bonds. The van der Waals surface area contributed by atoms with E-state index in [0.29, 0.717) is 15.7 Å². The van der Waals surface area contributed by atoms with Crippen LogP contribution in [-0.4, -0.2) is 18.7 Å². The Morgan fingerprint density at radius 3 is 2.42 bits per heavy atom. The topological polar surface area (TPSA) is 76.7 Å². The zero-order chi connectivity index (χ0) is 13.8. The number of halogens is 2. The van der Waals surface area contributed by atoms with E-state index in [1.54, 1.807) is 0 Å². The van der Waals surface area contributed by atoms with Crippen LogP contribution in [0.2, 0.25) is 10.0 Å². The Balaban J connectivity index is 1.95. The highest BCUT2D eigenvalue weighted by atomic mass is 35.5. The molecule has 0 atom stereocenters. The number of imide groups is 1. The van der Waals surface area contributed by atoms with E-state index < -0.39 is 11.9 Å². The van der Waals surface area contributed by atoms with Crippen LogP contribution in [0.1, 0.15) is 0 Å². The maximum atomic E-state index is 11.5. The lowest BCUT2D eigenvalue weighted by atomic mass is 10.3. The maximum absolute atomic E-state index is 11.5. The highest BCUT2D eigenvalue weighted by molar-refractivity contribution is 6.35. The minimum Gasteiger partial charge on any atom is -0.461 e. The molecule has 8 heteroatoms. The third-order valence-corrected chi connectivity index (χ3v) is 2.48. The Morgan fingerprint density at radius 1 is 1.16 bits per heavy atom. The van der Waals surface area contributed by atoms with Crippen molar-refractivity contribution in [2.24, 2.45) is 0 Å². The summed E-state index contributed by atoms with van der Waals surface area (Å²) in [7, 11) is 0. The van der Waals surface area contributed by atoms with E-state index in [9.17, 15) is 9.59 Å². The summed E-state index contributed by atoms with van der Waals surface area (Å²) < 4.78 is 9.51. The lowest BCUT2D eigenvalue weighted by molar-refractivity contribution is -0.119. The second-order valence-electron chi connectivity index (χ2n) is 3.48. The highest BCUT2D eigenvalue weighted by Gasteiger charge is 2.18. The van der Waals surface area contributed by atoms with Gasteiger partial charge >= 0.3 is 6.03 Å². The predicted octanol–water partition coefficient (Wildman–Crippen LogP) is 2.49. The van der Waals surface area contributed by atoms with Crippen molar-refractivity contribution >= 4 is 40.8 Å². The van der Waals surface area contributed by atoms with E-state index in [-0.39, 0.29) is 12.6 Å². The largest absolute Gasteiger partial charge is 0.461 e. The summed E-state index contributed by atoms with van der Waals surface area (Å²) in [5.74, 6) is -0.776. The molecule has 0 fully saturated rings. The fourth-order valence-corrected chi connectivity index (χ4v) is 1.84. The number of ether oxygens (including phenoxy) is 2. The van der Waals surface area contributed by atoms with Crippen LogP contribution in [0.5, 0.6) is 0 Å². The smallest absolute Gasteiger partial charge is 0.326 e. The zero-order valence-electron chi connectivity index (χ0n) is 9.41. The van der Waals surface area contributed by atoms with Crippen molar-refractivity contribution in [1.82, 2.24) is 5.32 Å². The minimum atomic E-state index is -0.736. The molecule has 2 rings (SSSR count). The second-order valence-corrected chi connectivity index (χ2v) is 4.35. The van der Waals surface area contributed by atoms with Gasteiger partial charge in [-0.25, -0.2) is 4.79 Å². The quantitative estimate of drug-likeness (QED) is 0.880. The number of hydrogen-bond acceptors (Lipinski definition) is 4. The van der Waals surface area contributed by atoms with Crippen LogP contribution in [0.15, 0.2) is 30.2 Å². The van der Waals surface area contributed by atoms with Gasteiger partial charge in [0.25, 0.3) is 5.91 Å². The number of anilines is 1. The average Bonchev–Trinajstić information content (AvgIpc) is 2.80. The molecule has 0 aromatic heterocycles. The van der Waals surface area contributed by atoms with E-state index in [0.717, 1.165) is 6.26 Å². The summed E-state index contributed by atoms with van der Waals surface area (Å²) in [5.41, 5.74) is 0.361. The number of benzene rings is 1. The van der Waals surface area contributed by atoms with E-state index >= 15 is 0 Å². The first-order chi connectivity index (χ1) is 9.04. The standard InChI is InChI=1S/C11H8Cl2N2O4/c12-6-1-7(13)3-8(2-6)14-11(17)15-10(16)9-4-18-5-19-9/h1-4H,5H2,(H2,14,15,16,17). The number of nitrogens with one attached hydrogen (secondary N) is 2. The Bertz CT molecular complexity index is 539. The van der Waals surface area contributed by atoms with Gasteiger partial charge in [0.05, 0.1) is 0 Å². The van der Waals surface area contributed by atoms with Crippen molar-refractivity contribution in [3.63, 3.8) is 0 Å². The normalized spacial score (nSPS) is 13.1. The molecular formula is C11H8Cl2N2O4. The van der Waals surface area contributed by atoms with Crippen LogP contribution >= 0.6 is 23.2 Å². The summed E-state index contributed by atoms with van der Waals surface area (Å²) in [6.45, 7) is -0.0473. The van der Waals surface area contributed by atoms with Gasteiger partial charge in [-0.3, -0.25) is 10.1 Å². The number of carbonyl (C=O) groups excluding carboxylic acids is 2. The molecule has 100 valence electrons. The van der Waals surface area contributed by atoms with Gasteiger partial charge in [-0.1, -0.05) is 23.2 Å². The molecular weight excluding hydrogens is 295 g/mol. The minimum absolute atomic E-state index is 0.0473. The number of rotatable bonds is 2. The SMILES string of the molecule is O=C(NC(=O)C1=COCO1)Nc1cc(Cl)cc(Cl)c1. The van der Waals surface area contributed by atoms with E-state index in [2.05, 4.69) is 10.6 Å². The summed E-state index contributed by atoms with van der Waals surface area (Å²) in [5, 5.41) is 5.21. The van der Waals surface area contributed by atoms with Crippen LogP contribution < -0.4 is 10.6 Å². The molecule has 0 spiro atoms. The number of urea groups is 1. The molecule has 1 aromatic carbocycles. The third kappa shape index (κ3) is 3.77. The predicted molar refractivity (Wildman–Crippen MR) is 68.7 cm³/mol. The highest BCUT2D eigenvalue weighted by Crippen LogP contribution is 2.22. The summed E-state index contributed by atoms with van der Waals surface area (Å²) in [4.78, 5) is 23.0. The van der Waals surface area contributed by atoms with Crippen molar-refractivity contribution < 1.29 is 19.1 Å². The van der Waals surface area contributed by atoms with E-state index in [1.165, 1.54) is 18.2 Å². The van der Waals surface area contributed by atoms with Gasteiger partial charge in [-0.05, 0) is 18.2 Å². The first-order valence-electron chi connectivity index (χ1n) is 5.07. The Hall–Kier alpha value is -1.92. The summed E-state index contributed by atoms with van der Waals surface area (Å²) >= 11 is 11.5. The molecule has 1 aromatic rings. The molecule has 6 nitrogen and oxygen atoms in total. The average molecular weight is 303 g/mol. The molecule has 0 aliphatic carbocycles. The molecule has 1 heterocycles. The second kappa shape index (κ2) is 5.81. The van der Waals surface area contributed by atoms with Crippen LogP contribution in [-0.2, 0) is 14.3 Å². The molecule has 0 saturated carbocycles.